The summed E-state index contributed by atoms with van der Waals surface area (Å²) in [6.07, 6.45) is 5.34. The normalized spacial score (nSPS) is 35.8. The van der Waals surface area contributed by atoms with Crippen LogP contribution in [0, 0.1) is 11.8 Å². The third kappa shape index (κ3) is 1.64. The van der Waals surface area contributed by atoms with Gasteiger partial charge in [0.15, 0.2) is 0 Å². The number of likely N-dealkylation sites (tertiary alicyclic amines) is 1. The highest BCUT2D eigenvalue weighted by Gasteiger charge is 2.35. The Balaban J connectivity index is 1.75. The Hall–Kier alpha value is -0.0800. The first-order chi connectivity index (χ1) is 5.90. The summed E-state index contributed by atoms with van der Waals surface area (Å²) in [6, 6.07) is 0. The lowest BCUT2D eigenvalue weighted by Crippen LogP contribution is -2.23. The maximum Gasteiger partial charge on any atom is 0.0443 e. The molecular formula is C10H19NO. The van der Waals surface area contributed by atoms with Crippen LogP contribution in [-0.4, -0.2) is 36.2 Å². The monoisotopic (exact) mass is 169 g/mol. The second kappa shape index (κ2) is 3.75. The molecule has 2 nitrogen and oxygen atoms in total. The number of hydrogen-bond acceptors (Lipinski definition) is 2. The number of rotatable bonds is 3. The van der Waals surface area contributed by atoms with Gasteiger partial charge in [0.1, 0.15) is 0 Å². The average molecular weight is 169 g/mol. The molecule has 1 N–H and O–H groups in total. The Morgan fingerprint density at radius 2 is 1.83 bits per heavy atom. The minimum atomic E-state index is 0.353. The first-order valence-corrected chi connectivity index (χ1v) is 5.23. The topological polar surface area (TPSA) is 23.5 Å². The molecule has 2 heteroatoms. The summed E-state index contributed by atoms with van der Waals surface area (Å²) in [5, 5.41) is 8.70. The number of hydrogen-bond donors (Lipinski definition) is 1. The molecule has 0 aromatic rings. The molecule has 0 amide bonds. The van der Waals surface area contributed by atoms with E-state index in [2.05, 4.69) is 4.90 Å². The number of aliphatic hydroxyl groups is 1. The summed E-state index contributed by atoms with van der Waals surface area (Å²) in [4.78, 5) is 2.53. The molecule has 70 valence electrons. The maximum absolute atomic E-state index is 8.70. The Labute approximate surface area is 74.6 Å². The van der Waals surface area contributed by atoms with E-state index >= 15 is 0 Å². The summed E-state index contributed by atoms with van der Waals surface area (Å²) in [5.74, 6) is 2.01. The van der Waals surface area contributed by atoms with Crippen LogP contribution in [0.3, 0.4) is 0 Å². The zero-order valence-electron chi connectivity index (χ0n) is 7.71. The molecule has 0 aromatic heterocycles. The van der Waals surface area contributed by atoms with Gasteiger partial charge in [0.25, 0.3) is 0 Å². The maximum atomic E-state index is 8.70. The fourth-order valence-corrected chi connectivity index (χ4v) is 2.81. The first kappa shape index (κ1) is 8.52. The van der Waals surface area contributed by atoms with E-state index in [0.29, 0.717) is 6.61 Å². The standard InChI is InChI=1S/C10H19NO/c12-6-2-5-11-7-9-3-1-4-10(9)8-11/h9-10,12H,1-8H2. The van der Waals surface area contributed by atoms with Gasteiger partial charge in [-0.25, -0.2) is 0 Å². The quantitative estimate of drug-likeness (QED) is 0.684. The molecule has 1 saturated carbocycles. The molecule has 0 spiro atoms. The fourth-order valence-electron chi connectivity index (χ4n) is 2.81. The van der Waals surface area contributed by atoms with Gasteiger partial charge in [-0.05, 0) is 31.1 Å². The zero-order chi connectivity index (χ0) is 8.39. The molecule has 2 fully saturated rings. The zero-order valence-corrected chi connectivity index (χ0v) is 7.71. The van der Waals surface area contributed by atoms with E-state index < -0.39 is 0 Å². The summed E-state index contributed by atoms with van der Waals surface area (Å²) in [7, 11) is 0. The molecule has 1 heterocycles. The molecule has 1 aliphatic heterocycles. The van der Waals surface area contributed by atoms with Crippen LogP contribution in [0.2, 0.25) is 0 Å². The molecule has 2 aliphatic rings. The van der Waals surface area contributed by atoms with Gasteiger partial charge in [0, 0.05) is 26.2 Å². The predicted octanol–water partition coefficient (Wildman–Crippen LogP) is 1.10. The van der Waals surface area contributed by atoms with E-state index in [-0.39, 0.29) is 0 Å². The van der Waals surface area contributed by atoms with E-state index in [4.69, 9.17) is 5.11 Å². The highest BCUT2D eigenvalue weighted by Crippen LogP contribution is 2.37. The summed E-state index contributed by atoms with van der Waals surface area (Å²) in [6.45, 7) is 4.09. The molecule has 0 aromatic carbocycles. The lowest BCUT2D eigenvalue weighted by Gasteiger charge is -2.15. The minimum absolute atomic E-state index is 0.353. The van der Waals surface area contributed by atoms with Crippen LogP contribution in [0.4, 0.5) is 0 Å². The number of nitrogens with zero attached hydrogens (tertiary/aromatic N) is 1. The van der Waals surface area contributed by atoms with Gasteiger partial charge in [-0.2, -0.15) is 0 Å². The van der Waals surface area contributed by atoms with Crippen molar-refractivity contribution < 1.29 is 5.11 Å². The Bertz CT molecular complexity index is 137. The van der Waals surface area contributed by atoms with Crippen molar-refractivity contribution in [2.45, 2.75) is 25.7 Å². The summed E-state index contributed by atoms with van der Waals surface area (Å²) < 4.78 is 0. The van der Waals surface area contributed by atoms with Gasteiger partial charge in [-0.15, -0.1) is 0 Å². The van der Waals surface area contributed by atoms with Crippen LogP contribution in [-0.2, 0) is 0 Å². The smallest absolute Gasteiger partial charge is 0.0443 e. The van der Waals surface area contributed by atoms with Crippen molar-refractivity contribution in [2.75, 3.05) is 26.2 Å². The average Bonchev–Trinajstić information content (AvgIpc) is 2.58. The molecule has 1 saturated heterocycles. The van der Waals surface area contributed by atoms with E-state index in [0.717, 1.165) is 24.8 Å². The van der Waals surface area contributed by atoms with E-state index in [1.165, 1.54) is 32.4 Å². The predicted molar refractivity (Wildman–Crippen MR) is 49.0 cm³/mol. The molecule has 1 aliphatic carbocycles. The Kier molecular flexibility index (Phi) is 2.66. The van der Waals surface area contributed by atoms with Crippen LogP contribution in [0.25, 0.3) is 0 Å². The molecule has 2 unspecified atom stereocenters. The van der Waals surface area contributed by atoms with E-state index in [1.807, 2.05) is 0 Å². The van der Waals surface area contributed by atoms with Crippen molar-refractivity contribution in [1.82, 2.24) is 4.90 Å². The summed E-state index contributed by atoms with van der Waals surface area (Å²) >= 11 is 0. The van der Waals surface area contributed by atoms with Gasteiger partial charge in [-0.3, -0.25) is 0 Å². The second-order valence-electron chi connectivity index (χ2n) is 4.29. The second-order valence-corrected chi connectivity index (χ2v) is 4.29. The highest BCUT2D eigenvalue weighted by molar-refractivity contribution is 4.88. The van der Waals surface area contributed by atoms with Crippen LogP contribution in [0.1, 0.15) is 25.7 Å². The van der Waals surface area contributed by atoms with E-state index in [1.54, 1.807) is 0 Å². The van der Waals surface area contributed by atoms with Crippen LogP contribution in [0.15, 0.2) is 0 Å². The van der Waals surface area contributed by atoms with E-state index in [9.17, 15) is 0 Å². The van der Waals surface area contributed by atoms with Crippen molar-refractivity contribution in [2.24, 2.45) is 11.8 Å². The lowest BCUT2D eigenvalue weighted by atomic mass is 10.0. The molecular weight excluding hydrogens is 150 g/mol. The van der Waals surface area contributed by atoms with Gasteiger partial charge < -0.3 is 10.0 Å². The number of aliphatic hydroxyl groups excluding tert-OH is 1. The van der Waals surface area contributed by atoms with Gasteiger partial charge in [0.2, 0.25) is 0 Å². The largest absolute Gasteiger partial charge is 0.396 e. The van der Waals surface area contributed by atoms with Crippen molar-refractivity contribution >= 4 is 0 Å². The lowest BCUT2D eigenvalue weighted by molar-refractivity contribution is 0.240. The first-order valence-electron chi connectivity index (χ1n) is 5.23. The van der Waals surface area contributed by atoms with Crippen molar-refractivity contribution in [3.63, 3.8) is 0 Å². The van der Waals surface area contributed by atoms with Crippen LogP contribution >= 0.6 is 0 Å². The van der Waals surface area contributed by atoms with Crippen LogP contribution < -0.4 is 0 Å². The SMILES string of the molecule is OCCCN1CC2CCCC2C1. The number of fused-ring (bicyclic) bond motifs is 1. The van der Waals surface area contributed by atoms with Crippen molar-refractivity contribution in [3.8, 4) is 0 Å². The molecule has 0 radical (unpaired) electrons. The molecule has 2 rings (SSSR count). The molecule has 0 bridgehead atoms. The molecule has 2 atom stereocenters. The van der Waals surface area contributed by atoms with Gasteiger partial charge in [0.05, 0.1) is 0 Å². The molecule has 12 heavy (non-hydrogen) atoms. The third-order valence-electron chi connectivity index (χ3n) is 3.43. The van der Waals surface area contributed by atoms with Crippen LogP contribution in [0.5, 0.6) is 0 Å². The van der Waals surface area contributed by atoms with Gasteiger partial charge in [-0.1, -0.05) is 6.42 Å². The van der Waals surface area contributed by atoms with Crippen molar-refractivity contribution in [1.29, 1.82) is 0 Å². The minimum Gasteiger partial charge on any atom is -0.396 e. The fraction of sp³-hybridized carbons (Fsp3) is 1.00. The Morgan fingerprint density at radius 1 is 1.17 bits per heavy atom. The third-order valence-corrected chi connectivity index (χ3v) is 3.43. The highest BCUT2D eigenvalue weighted by atomic mass is 16.3. The van der Waals surface area contributed by atoms with Crippen molar-refractivity contribution in [3.05, 3.63) is 0 Å². The van der Waals surface area contributed by atoms with Gasteiger partial charge >= 0.3 is 0 Å². The summed E-state index contributed by atoms with van der Waals surface area (Å²) in [5.41, 5.74) is 0. The Morgan fingerprint density at radius 3 is 2.42 bits per heavy atom.